The third kappa shape index (κ3) is 7.70. The molecule has 1 aromatic heterocycles. The van der Waals surface area contributed by atoms with Gasteiger partial charge in [-0.25, -0.2) is 0 Å². The van der Waals surface area contributed by atoms with Crippen molar-refractivity contribution in [3.05, 3.63) is 54.1 Å². The molecule has 0 unspecified atom stereocenters. The zero-order valence-electron chi connectivity index (χ0n) is 16.4. The molecule has 0 fully saturated rings. The van der Waals surface area contributed by atoms with E-state index in [0.717, 1.165) is 30.0 Å². The van der Waals surface area contributed by atoms with Gasteiger partial charge in [0.05, 0.1) is 11.3 Å². The van der Waals surface area contributed by atoms with Crippen LogP contribution < -0.4 is 9.47 Å². The Morgan fingerprint density at radius 2 is 1.58 bits per heavy atom. The minimum Gasteiger partial charge on any atom is -0.484 e. The number of benzene rings is 2. The van der Waals surface area contributed by atoms with Crippen molar-refractivity contribution < 1.29 is 45.0 Å². The van der Waals surface area contributed by atoms with Crippen molar-refractivity contribution in [1.29, 1.82) is 0 Å². The summed E-state index contributed by atoms with van der Waals surface area (Å²) in [5, 5.41) is 7.35. The maximum Gasteiger partial charge on any atom is 0.422 e. The number of halogens is 6. The van der Waals surface area contributed by atoms with Crippen LogP contribution in [0, 0.1) is 0 Å². The van der Waals surface area contributed by atoms with Gasteiger partial charge in [0.2, 0.25) is 0 Å². The first-order valence-corrected chi connectivity index (χ1v) is 10.1. The second-order valence-electron chi connectivity index (χ2n) is 6.42. The molecule has 2 aromatic carbocycles. The summed E-state index contributed by atoms with van der Waals surface area (Å²) >= 11 is 0.890. The highest BCUT2D eigenvalue weighted by atomic mass is 32.2. The van der Waals surface area contributed by atoms with Crippen LogP contribution in [-0.4, -0.2) is 47.3 Å². The van der Waals surface area contributed by atoms with Gasteiger partial charge in [0, 0.05) is 5.56 Å². The monoisotopic (exact) mass is 492 g/mol. The molecule has 0 saturated carbocycles. The van der Waals surface area contributed by atoms with Gasteiger partial charge < -0.3 is 13.9 Å². The highest BCUT2D eigenvalue weighted by molar-refractivity contribution is 7.99. The summed E-state index contributed by atoms with van der Waals surface area (Å²) in [6, 6.07) is 11.4. The third-order valence-electron chi connectivity index (χ3n) is 3.80. The largest absolute Gasteiger partial charge is 0.484 e. The second kappa shape index (κ2) is 10.1. The van der Waals surface area contributed by atoms with Crippen molar-refractivity contribution in [1.82, 2.24) is 10.2 Å². The molecule has 3 aromatic rings. The Hall–Kier alpha value is -3.22. The Bertz CT molecular complexity index is 1090. The molecular weight excluding hydrogens is 478 g/mol. The molecule has 0 aliphatic rings. The van der Waals surface area contributed by atoms with E-state index >= 15 is 0 Å². The summed E-state index contributed by atoms with van der Waals surface area (Å²) in [6.07, 6.45) is -9.28. The highest BCUT2D eigenvalue weighted by Crippen LogP contribution is 2.35. The molecule has 33 heavy (non-hydrogen) atoms. The Morgan fingerprint density at radius 3 is 2.24 bits per heavy atom. The van der Waals surface area contributed by atoms with Gasteiger partial charge in [0.15, 0.2) is 19.0 Å². The summed E-state index contributed by atoms with van der Waals surface area (Å²) < 4.78 is 89.7. The highest BCUT2D eigenvalue weighted by Gasteiger charge is 2.30. The van der Waals surface area contributed by atoms with Crippen molar-refractivity contribution in [2.45, 2.75) is 17.6 Å². The number of ether oxygens (including phenoxy) is 2. The molecule has 0 spiro atoms. The predicted octanol–water partition coefficient (Wildman–Crippen LogP) is 5.59. The summed E-state index contributed by atoms with van der Waals surface area (Å²) in [6.45, 7) is -3.26. The van der Waals surface area contributed by atoms with E-state index in [4.69, 9.17) is 9.15 Å². The molecule has 0 bridgehead atoms. The third-order valence-corrected chi connectivity index (χ3v) is 4.62. The lowest BCUT2D eigenvalue weighted by atomic mass is 10.2. The van der Waals surface area contributed by atoms with Gasteiger partial charge in [-0.15, -0.1) is 10.2 Å². The van der Waals surface area contributed by atoms with Gasteiger partial charge >= 0.3 is 12.4 Å². The summed E-state index contributed by atoms with van der Waals surface area (Å²) in [5.74, 6) is -1.25. The zero-order chi connectivity index (χ0) is 24.1. The quantitative estimate of drug-likeness (QED) is 0.219. The smallest absolute Gasteiger partial charge is 0.422 e. The number of alkyl halides is 6. The van der Waals surface area contributed by atoms with Gasteiger partial charge in [-0.1, -0.05) is 42.1 Å². The fourth-order valence-electron chi connectivity index (χ4n) is 2.43. The van der Waals surface area contributed by atoms with Crippen molar-refractivity contribution >= 4 is 17.5 Å². The first-order chi connectivity index (χ1) is 15.5. The lowest BCUT2D eigenvalue weighted by Crippen LogP contribution is -2.20. The lowest BCUT2D eigenvalue weighted by molar-refractivity contribution is -0.154. The topological polar surface area (TPSA) is 74.5 Å². The van der Waals surface area contributed by atoms with Crippen LogP contribution >= 0.6 is 11.8 Å². The first-order valence-electron chi connectivity index (χ1n) is 9.08. The molecule has 13 heteroatoms. The van der Waals surface area contributed by atoms with Crippen LogP contribution in [0.3, 0.4) is 0 Å². The van der Waals surface area contributed by atoms with Crippen LogP contribution in [0.15, 0.2) is 58.2 Å². The fraction of sp³-hybridized carbons (Fsp3) is 0.250. The van der Waals surface area contributed by atoms with Gasteiger partial charge in [0.25, 0.3) is 11.1 Å². The lowest BCUT2D eigenvalue weighted by Gasteiger charge is -2.14. The molecule has 1 heterocycles. The minimum atomic E-state index is -4.66. The van der Waals surface area contributed by atoms with E-state index in [1.54, 1.807) is 30.3 Å². The van der Waals surface area contributed by atoms with Gasteiger partial charge in [-0.2, -0.15) is 26.3 Å². The van der Waals surface area contributed by atoms with Crippen LogP contribution in [0.1, 0.15) is 10.4 Å². The molecule has 3 rings (SSSR count). The van der Waals surface area contributed by atoms with Gasteiger partial charge in [-0.05, 0) is 18.2 Å². The molecule has 0 amide bonds. The standard InChI is InChI=1S/C20H14F6N2O4S/c21-19(22,23)10-30-13-6-7-16(31-11-20(24,25)26)14(8-13)17-27-28-18(32-17)33-9-15(29)12-4-2-1-3-5-12/h1-8H,9-11H2. The molecule has 0 atom stereocenters. The van der Waals surface area contributed by atoms with Gasteiger partial charge in [-0.3, -0.25) is 4.79 Å². The number of rotatable bonds is 9. The van der Waals surface area contributed by atoms with Crippen molar-refractivity contribution in [3.63, 3.8) is 0 Å². The Balaban J connectivity index is 1.78. The minimum absolute atomic E-state index is 0.0577. The van der Waals surface area contributed by atoms with Crippen LogP contribution in [0.4, 0.5) is 26.3 Å². The molecular formula is C20H14F6N2O4S. The molecule has 0 saturated heterocycles. The Morgan fingerprint density at radius 1 is 0.909 bits per heavy atom. The number of thioether (sulfide) groups is 1. The van der Waals surface area contributed by atoms with Crippen LogP contribution in [0.5, 0.6) is 11.5 Å². The van der Waals surface area contributed by atoms with E-state index in [-0.39, 0.29) is 39.7 Å². The van der Waals surface area contributed by atoms with Gasteiger partial charge in [0.1, 0.15) is 11.5 Å². The van der Waals surface area contributed by atoms with E-state index in [0.29, 0.717) is 5.56 Å². The Kier molecular flexibility index (Phi) is 7.51. The fourth-order valence-corrected chi connectivity index (χ4v) is 3.09. The average molecular weight is 492 g/mol. The van der Waals surface area contributed by atoms with E-state index in [1.807, 2.05) is 0 Å². The maximum absolute atomic E-state index is 12.6. The molecule has 6 nitrogen and oxygen atoms in total. The summed E-state index contributed by atoms with van der Waals surface area (Å²) in [5.41, 5.74) is 0.259. The van der Waals surface area contributed by atoms with Crippen molar-refractivity contribution in [2.24, 2.45) is 0 Å². The van der Waals surface area contributed by atoms with E-state index in [2.05, 4.69) is 14.9 Å². The number of Topliss-reactive ketones (excluding diaryl/α,β-unsaturated/α-hetero) is 1. The number of aromatic nitrogens is 2. The molecule has 0 radical (unpaired) electrons. The average Bonchev–Trinajstić information content (AvgIpc) is 3.23. The summed E-state index contributed by atoms with van der Waals surface area (Å²) in [7, 11) is 0. The number of carbonyl (C=O) groups excluding carboxylic acids is 1. The number of nitrogens with zero attached hydrogens (tertiary/aromatic N) is 2. The second-order valence-corrected chi connectivity index (χ2v) is 7.34. The van der Waals surface area contributed by atoms with Crippen LogP contribution in [0.25, 0.3) is 11.5 Å². The van der Waals surface area contributed by atoms with E-state index in [1.165, 1.54) is 0 Å². The maximum atomic E-state index is 12.6. The van der Waals surface area contributed by atoms with Crippen molar-refractivity contribution in [2.75, 3.05) is 19.0 Å². The van der Waals surface area contributed by atoms with E-state index in [9.17, 15) is 31.1 Å². The molecule has 0 aliphatic heterocycles. The predicted molar refractivity (Wildman–Crippen MR) is 104 cm³/mol. The van der Waals surface area contributed by atoms with E-state index < -0.39 is 25.6 Å². The Labute approximate surface area is 186 Å². The number of hydrogen-bond acceptors (Lipinski definition) is 7. The number of hydrogen-bond donors (Lipinski definition) is 0. The van der Waals surface area contributed by atoms with Crippen molar-refractivity contribution in [3.8, 4) is 23.0 Å². The molecule has 0 N–H and O–H groups in total. The molecule has 0 aliphatic carbocycles. The number of carbonyl (C=O) groups is 1. The zero-order valence-corrected chi connectivity index (χ0v) is 17.3. The number of ketones is 1. The normalized spacial score (nSPS) is 11.9. The molecule has 176 valence electrons. The van der Waals surface area contributed by atoms with Crippen LogP contribution in [-0.2, 0) is 0 Å². The SMILES string of the molecule is O=C(CSc1nnc(-c2cc(OCC(F)(F)F)ccc2OCC(F)(F)F)o1)c1ccccc1. The first kappa shape index (κ1) is 24.4. The van der Waals surface area contributed by atoms with Crippen LogP contribution in [0.2, 0.25) is 0 Å². The summed E-state index contributed by atoms with van der Waals surface area (Å²) in [4.78, 5) is 12.2.